The van der Waals surface area contributed by atoms with E-state index in [1.54, 1.807) is 6.07 Å². The Labute approximate surface area is 271 Å². The van der Waals surface area contributed by atoms with Gasteiger partial charge < -0.3 is 47.4 Å². The predicted octanol–water partition coefficient (Wildman–Crippen LogP) is -0.423. The standard InChI is InChI=1S/C28H40N2O16S/c1-14(31)40-22-24(41-15(2)32)27(46-28(5,45-17(4)34)25(22)42-16(3)33)44-20-18(43-26(39-8)23(38-7)21(20)37-6)13-30-47(35,36)19-11-9-10-12-29-19/h9-12,18,20-27,30H,13H2,1-8H3/t18-,20+,21+,22+,23-,24-,25-,26+,27-,28+/m1/s1. The van der Waals surface area contributed by atoms with E-state index in [1.807, 2.05) is 0 Å². The molecular formula is C28H40N2O16S. The molecule has 2 fully saturated rings. The second kappa shape index (κ2) is 16.2. The summed E-state index contributed by atoms with van der Waals surface area (Å²) in [6.45, 7) is 5.01. The van der Waals surface area contributed by atoms with Crippen LogP contribution in [0.3, 0.4) is 0 Å². The molecule has 0 aromatic carbocycles. The Balaban J connectivity index is 2.10. The van der Waals surface area contributed by atoms with Crippen molar-refractivity contribution in [3.8, 4) is 0 Å². The summed E-state index contributed by atoms with van der Waals surface area (Å²) < 4.78 is 85.4. The number of esters is 4. The van der Waals surface area contributed by atoms with Crippen molar-refractivity contribution in [2.24, 2.45) is 0 Å². The number of nitrogens with one attached hydrogen (secondary N) is 1. The molecule has 47 heavy (non-hydrogen) atoms. The first kappa shape index (κ1) is 38.2. The molecule has 18 nitrogen and oxygen atoms in total. The third-order valence-corrected chi connectivity index (χ3v) is 8.39. The lowest BCUT2D eigenvalue weighted by Gasteiger charge is -2.51. The van der Waals surface area contributed by atoms with Crippen molar-refractivity contribution >= 4 is 33.9 Å². The fraction of sp³-hybridized carbons (Fsp3) is 0.679. The van der Waals surface area contributed by atoms with Gasteiger partial charge in [0, 0.05) is 68.7 Å². The van der Waals surface area contributed by atoms with E-state index in [2.05, 4.69) is 9.71 Å². The fourth-order valence-corrected chi connectivity index (χ4v) is 6.28. The van der Waals surface area contributed by atoms with Gasteiger partial charge in [0.15, 0.2) is 23.5 Å². The van der Waals surface area contributed by atoms with Crippen molar-refractivity contribution in [1.82, 2.24) is 9.71 Å². The molecule has 2 aliphatic heterocycles. The zero-order valence-electron chi connectivity index (χ0n) is 27.1. The van der Waals surface area contributed by atoms with Crippen LogP contribution in [0.4, 0.5) is 0 Å². The molecule has 0 aliphatic carbocycles. The van der Waals surface area contributed by atoms with Crippen molar-refractivity contribution in [1.29, 1.82) is 0 Å². The van der Waals surface area contributed by atoms with Gasteiger partial charge in [-0.05, 0) is 12.1 Å². The van der Waals surface area contributed by atoms with Gasteiger partial charge in [0.05, 0.1) is 0 Å². The minimum absolute atomic E-state index is 0.266. The molecule has 0 spiro atoms. The Morgan fingerprint density at radius 1 is 0.809 bits per heavy atom. The maximum atomic E-state index is 13.0. The Kier molecular flexibility index (Phi) is 13.2. The Bertz CT molecular complexity index is 1360. The SMILES string of the molecule is CO[C@H]1O[C@H](CNS(=O)(=O)c2ccccn2)[C@H](O[C@@H]2O[C@](C)(OC(C)=O)[C@H](OC(C)=O)[C@@H](OC(C)=O)[C@H]2OC(C)=O)[C@H](OC)[C@H]1OC. The third-order valence-electron chi connectivity index (χ3n) is 7.05. The summed E-state index contributed by atoms with van der Waals surface area (Å²) >= 11 is 0. The molecule has 0 radical (unpaired) electrons. The van der Waals surface area contributed by atoms with Crippen LogP contribution in [-0.2, 0) is 76.6 Å². The number of hydrogen-bond acceptors (Lipinski definition) is 17. The third kappa shape index (κ3) is 9.41. The van der Waals surface area contributed by atoms with Crippen LogP contribution in [0.25, 0.3) is 0 Å². The van der Waals surface area contributed by atoms with Crippen LogP contribution >= 0.6 is 0 Å². The number of sulfonamides is 1. The van der Waals surface area contributed by atoms with E-state index in [9.17, 15) is 27.6 Å². The molecule has 0 amide bonds. The largest absolute Gasteiger partial charge is 0.454 e. The van der Waals surface area contributed by atoms with Gasteiger partial charge in [-0.2, -0.15) is 0 Å². The lowest BCUT2D eigenvalue weighted by molar-refractivity contribution is -0.406. The van der Waals surface area contributed by atoms with Gasteiger partial charge in [-0.25, -0.2) is 18.1 Å². The van der Waals surface area contributed by atoms with E-state index in [-0.39, 0.29) is 5.03 Å². The van der Waals surface area contributed by atoms with Crippen LogP contribution in [0.5, 0.6) is 0 Å². The van der Waals surface area contributed by atoms with E-state index in [1.165, 1.54) is 46.6 Å². The molecule has 2 saturated heterocycles. The summed E-state index contributed by atoms with van der Waals surface area (Å²) in [5.74, 6) is -5.68. The molecule has 1 aromatic rings. The quantitative estimate of drug-likeness (QED) is 0.205. The molecule has 1 N–H and O–H groups in total. The topological polar surface area (TPSA) is 220 Å². The molecule has 3 heterocycles. The molecular weight excluding hydrogens is 652 g/mol. The Morgan fingerprint density at radius 3 is 1.94 bits per heavy atom. The van der Waals surface area contributed by atoms with Crippen LogP contribution in [0.15, 0.2) is 29.4 Å². The molecule has 0 unspecified atom stereocenters. The highest BCUT2D eigenvalue weighted by molar-refractivity contribution is 7.89. The Morgan fingerprint density at radius 2 is 1.43 bits per heavy atom. The van der Waals surface area contributed by atoms with E-state index in [4.69, 9.17) is 47.4 Å². The van der Waals surface area contributed by atoms with Crippen molar-refractivity contribution in [2.45, 2.75) is 101 Å². The highest BCUT2D eigenvalue weighted by Gasteiger charge is 2.62. The number of nitrogens with zero attached hydrogens (tertiary/aromatic N) is 1. The van der Waals surface area contributed by atoms with Crippen LogP contribution < -0.4 is 4.72 Å². The summed E-state index contributed by atoms with van der Waals surface area (Å²) in [6, 6.07) is 4.33. The molecule has 264 valence electrons. The first-order valence-electron chi connectivity index (χ1n) is 14.3. The van der Waals surface area contributed by atoms with E-state index < -0.39 is 102 Å². The maximum absolute atomic E-state index is 13.0. The monoisotopic (exact) mass is 692 g/mol. The van der Waals surface area contributed by atoms with Gasteiger partial charge in [0.2, 0.25) is 12.4 Å². The normalized spacial score (nSPS) is 32.6. The molecule has 1 aromatic heterocycles. The van der Waals surface area contributed by atoms with Crippen LogP contribution in [0, 0.1) is 0 Å². The van der Waals surface area contributed by atoms with E-state index >= 15 is 0 Å². The molecule has 10 atom stereocenters. The summed E-state index contributed by atoms with van der Waals surface area (Å²) in [5, 5.41) is -0.266. The van der Waals surface area contributed by atoms with Crippen molar-refractivity contribution in [3.05, 3.63) is 24.4 Å². The van der Waals surface area contributed by atoms with E-state index in [0.717, 1.165) is 27.7 Å². The molecule has 0 bridgehead atoms. The number of methoxy groups -OCH3 is 3. The summed E-state index contributed by atoms with van der Waals surface area (Å²) in [6.07, 6.45) is -11.0. The lowest BCUT2D eigenvalue weighted by Crippen LogP contribution is -2.70. The van der Waals surface area contributed by atoms with Crippen molar-refractivity contribution in [3.63, 3.8) is 0 Å². The zero-order chi connectivity index (χ0) is 35.1. The number of aromatic nitrogens is 1. The molecule has 2 aliphatic rings. The fourth-order valence-electron chi connectivity index (χ4n) is 5.29. The highest BCUT2D eigenvalue weighted by atomic mass is 32.2. The average molecular weight is 693 g/mol. The predicted molar refractivity (Wildman–Crippen MR) is 153 cm³/mol. The summed E-state index contributed by atoms with van der Waals surface area (Å²) in [4.78, 5) is 52.8. The number of pyridine rings is 1. The van der Waals surface area contributed by atoms with Crippen LogP contribution in [-0.4, -0.2) is 126 Å². The smallest absolute Gasteiger partial charge is 0.305 e. The van der Waals surface area contributed by atoms with Crippen molar-refractivity contribution < 1.29 is 75.0 Å². The summed E-state index contributed by atoms with van der Waals surface area (Å²) in [5.41, 5.74) is 0. The average Bonchev–Trinajstić information content (AvgIpc) is 2.99. The molecule has 0 saturated carbocycles. The molecule has 3 rings (SSSR count). The van der Waals surface area contributed by atoms with Gasteiger partial charge in [-0.3, -0.25) is 19.2 Å². The Hall–Kier alpha value is -3.30. The minimum Gasteiger partial charge on any atom is -0.454 e. The minimum atomic E-state index is -4.16. The number of carbonyl (C=O) groups excluding carboxylic acids is 4. The van der Waals surface area contributed by atoms with Gasteiger partial charge in [0.25, 0.3) is 15.8 Å². The van der Waals surface area contributed by atoms with Crippen molar-refractivity contribution in [2.75, 3.05) is 27.9 Å². The first-order valence-corrected chi connectivity index (χ1v) is 15.7. The number of ether oxygens (including phenoxy) is 10. The number of rotatable bonds is 13. The first-order chi connectivity index (χ1) is 22.1. The number of carbonyl (C=O) groups is 4. The van der Waals surface area contributed by atoms with Gasteiger partial charge >= 0.3 is 23.9 Å². The second-order valence-electron chi connectivity index (χ2n) is 10.6. The van der Waals surface area contributed by atoms with Crippen LogP contribution in [0.2, 0.25) is 0 Å². The second-order valence-corrected chi connectivity index (χ2v) is 12.3. The highest BCUT2D eigenvalue weighted by Crippen LogP contribution is 2.39. The van der Waals surface area contributed by atoms with Gasteiger partial charge in [-0.1, -0.05) is 6.07 Å². The zero-order valence-corrected chi connectivity index (χ0v) is 27.9. The van der Waals surface area contributed by atoms with Gasteiger partial charge in [-0.15, -0.1) is 0 Å². The molecule has 19 heteroatoms. The van der Waals surface area contributed by atoms with Crippen LogP contribution in [0.1, 0.15) is 34.6 Å². The lowest BCUT2D eigenvalue weighted by atomic mass is 9.94. The van der Waals surface area contributed by atoms with Gasteiger partial charge in [0.1, 0.15) is 24.4 Å². The van der Waals surface area contributed by atoms with E-state index in [0.29, 0.717) is 0 Å². The number of hydrogen-bond donors (Lipinski definition) is 1. The summed E-state index contributed by atoms with van der Waals surface area (Å²) in [7, 11) is -0.142. The maximum Gasteiger partial charge on any atom is 0.305 e.